The van der Waals surface area contributed by atoms with Crippen molar-refractivity contribution in [2.24, 2.45) is 0 Å². The zero-order valence-corrected chi connectivity index (χ0v) is 18.5. The van der Waals surface area contributed by atoms with Gasteiger partial charge in [0.15, 0.2) is 0 Å². The minimum absolute atomic E-state index is 0.219. The molecule has 2 aromatic rings. The lowest BCUT2D eigenvalue weighted by atomic mass is 9.88. The van der Waals surface area contributed by atoms with E-state index in [0.717, 1.165) is 29.2 Å². The van der Waals surface area contributed by atoms with Crippen LogP contribution in [-0.2, 0) is 11.3 Å². The van der Waals surface area contributed by atoms with Crippen LogP contribution >= 0.6 is 11.6 Å². The third-order valence-electron chi connectivity index (χ3n) is 5.04. The Balaban J connectivity index is 1.62. The zero-order chi connectivity index (χ0) is 21.0. The Labute approximate surface area is 178 Å². The molecule has 0 bridgehead atoms. The van der Waals surface area contributed by atoms with Gasteiger partial charge in [-0.15, -0.1) is 0 Å². The van der Waals surface area contributed by atoms with E-state index in [1.54, 1.807) is 0 Å². The lowest BCUT2D eigenvalue weighted by molar-refractivity contribution is 0.0204. The Kier molecular flexibility index (Phi) is 6.74. The highest BCUT2D eigenvalue weighted by atomic mass is 35.5. The number of hydrogen-bond donors (Lipinski definition) is 0. The summed E-state index contributed by atoms with van der Waals surface area (Å²) in [5.41, 5.74) is 2.95. The Morgan fingerprint density at radius 1 is 1.14 bits per heavy atom. The molecule has 1 aliphatic rings. The summed E-state index contributed by atoms with van der Waals surface area (Å²) in [5.74, 6) is 1.27. The molecule has 0 aliphatic carbocycles. The monoisotopic (exact) mass is 415 g/mol. The summed E-state index contributed by atoms with van der Waals surface area (Å²) in [6, 6.07) is 14.1. The quantitative estimate of drug-likeness (QED) is 0.584. The molecule has 0 spiro atoms. The molecule has 156 valence electrons. The molecular formula is C24H30ClNO3. The SMILES string of the molecule is Cc1cc(OCc2ccccc2Cl)cc(C2CCN(C(=O)OC(C)(C)C)CC2)c1. The molecule has 0 aromatic heterocycles. The van der Waals surface area contributed by atoms with Crippen molar-refractivity contribution in [3.05, 3.63) is 64.2 Å². The number of halogens is 1. The van der Waals surface area contributed by atoms with E-state index in [4.69, 9.17) is 21.1 Å². The van der Waals surface area contributed by atoms with Gasteiger partial charge in [0, 0.05) is 23.7 Å². The van der Waals surface area contributed by atoms with Gasteiger partial charge in [-0.1, -0.05) is 35.9 Å². The van der Waals surface area contributed by atoms with Crippen molar-refractivity contribution in [2.45, 2.75) is 58.7 Å². The average molecular weight is 416 g/mol. The summed E-state index contributed by atoms with van der Waals surface area (Å²) < 4.78 is 11.5. The smallest absolute Gasteiger partial charge is 0.410 e. The van der Waals surface area contributed by atoms with Gasteiger partial charge in [0.1, 0.15) is 18.0 Å². The highest BCUT2D eigenvalue weighted by Crippen LogP contribution is 2.32. The molecule has 3 rings (SSSR count). The molecule has 1 fully saturated rings. The highest BCUT2D eigenvalue weighted by Gasteiger charge is 2.27. The number of hydrogen-bond acceptors (Lipinski definition) is 3. The van der Waals surface area contributed by atoms with Crippen LogP contribution in [0.5, 0.6) is 5.75 Å². The van der Waals surface area contributed by atoms with Crippen molar-refractivity contribution in [1.82, 2.24) is 4.90 Å². The van der Waals surface area contributed by atoms with Crippen LogP contribution in [0.4, 0.5) is 4.79 Å². The molecule has 0 saturated carbocycles. The van der Waals surface area contributed by atoms with E-state index >= 15 is 0 Å². The maximum Gasteiger partial charge on any atom is 0.410 e. The normalized spacial score (nSPS) is 15.3. The second-order valence-electron chi connectivity index (χ2n) is 8.70. The van der Waals surface area contributed by atoms with Crippen molar-refractivity contribution in [3.8, 4) is 5.75 Å². The molecule has 1 saturated heterocycles. The summed E-state index contributed by atoms with van der Waals surface area (Å²) in [5, 5.41) is 0.717. The minimum atomic E-state index is -0.460. The van der Waals surface area contributed by atoms with Gasteiger partial charge in [0.2, 0.25) is 0 Å². The molecule has 1 heterocycles. The van der Waals surface area contributed by atoms with E-state index < -0.39 is 5.60 Å². The van der Waals surface area contributed by atoms with E-state index in [-0.39, 0.29) is 6.09 Å². The van der Waals surface area contributed by atoms with Crippen LogP contribution in [-0.4, -0.2) is 29.7 Å². The van der Waals surface area contributed by atoms with Gasteiger partial charge in [-0.25, -0.2) is 4.79 Å². The molecule has 0 radical (unpaired) electrons. The van der Waals surface area contributed by atoms with Gasteiger partial charge in [-0.3, -0.25) is 0 Å². The third-order valence-corrected chi connectivity index (χ3v) is 5.41. The fourth-order valence-electron chi connectivity index (χ4n) is 3.59. The van der Waals surface area contributed by atoms with Crippen LogP contribution < -0.4 is 4.74 Å². The number of aryl methyl sites for hydroxylation is 1. The number of ether oxygens (including phenoxy) is 2. The predicted molar refractivity (Wildman–Crippen MR) is 117 cm³/mol. The first-order valence-corrected chi connectivity index (χ1v) is 10.5. The summed E-state index contributed by atoms with van der Waals surface area (Å²) >= 11 is 6.23. The van der Waals surface area contributed by atoms with E-state index in [9.17, 15) is 4.79 Å². The Morgan fingerprint density at radius 3 is 2.48 bits per heavy atom. The number of likely N-dealkylation sites (tertiary alicyclic amines) is 1. The van der Waals surface area contributed by atoms with E-state index in [1.807, 2.05) is 49.9 Å². The van der Waals surface area contributed by atoms with Gasteiger partial charge < -0.3 is 14.4 Å². The lowest BCUT2D eigenvalue weighted by Gasteiger charge is -2.33. The van der Waals surface area contributed by atoms with Crippen molar-refractivity contribution in [3.63, 3.8) is 0 Å². The number of carbonyl (C=O) groups excluding carboxylic acids is 1. The second-order valence-corrected chi connectivity index (χ2v) is 9.11. The first-order chi connectivity index (χ1) is 13.7. The van der Waals surface area contributed by atoms with E-state index in [0.29, 0.717) is 25.6 Å². The van der Waals surface area contributed by atoms with Gasteiger partial charge in [-0.2, -0.15) is 0 Å². The molecule has 0 atom stereocenters. The average Bonchev–Trinajstić information content (AvgIpc) is 2.66. The summed E-state index contributed by atoms with van der Waals surface area (Å²) in [7, 11) is 0. The number of amides is 1. The molecule has 1 amide bonds. The first-order valence-electron chi connectivity index (χ1n) is 10.2. The summed E-state index contributed by atoms with van der Waals surface area (Å²) in [6.07, 6.45) is 1.63. The van der Waals surface area contributed by atoms with E-state index in [2.05, 4.69) is 25.1 Å². The Hall–Kier alpha value is -2.20. The van der Waals surface area contributed by atoms with Crippen molar-refractivity contribution in [1.29, 1.82) is 0 Å². The molecule has 2 aromatic carbocycles. The maximum absolute atomic E-state index is 12.3. The largest absolute Gasteiger partial charge is 0.489 e. The predicted octanol–water partition coefficient (Wildman–Crippen LogP) is 6.34. The molecule has 29 heavy (non-hydrogen) atoms. The number of carbonyl (C=O) groups is 1. The minimum Gasteiger partial charge on any atom is -0.489 e. The van der Waals surface area contributed by atoms with Crippen LogP contribution in [0.1, 0.15) is 56.2 Å². The van der Waals surface area contributed by atoms with Crippen molar-refractivity contribution in [2.75, 3.05) is 13.1 Å². The molecule has 0 N–H and O–H groups in total. The number of piperidine rings is 1. The van der Waals surface area contributed by atoms with Crippen molar-refractivity contribution >= 4 is 17.7 Å². The fraction of sp³-hybridized carbons (Fsp3) is 0.458. The van der Waals surface area contributed by atoms with Crippen LogP contribution in [0.25, 0.3) is 0 Å². The number of nitrogens with zero attached hydrogens (tertiary/aromatic N) is 1. The standard InChI is InChI=1S/C24H30ClNO3/c1-17-13-20(15-21(14-17)28-16-19-7-5-6-8-22(19)25)18-9-11-26(12-10-18)23(27)29-24(2,3)4/h5-8,13-15,18H,9-12,16H2,1-4H3. The maximum atomic E-state index is 12.3. The molecule has 0 unspecified atom stereocenters. The van der Waals surface area contributed by atoms with Crippen molar-refractivity contribution < 1.29 is 14.3 Å². The van der Waals surface area contributed by atoms with Crippen LogP contribution in [0, 0.1) is 6.92 Å². The zero-order valence-electron chi connectivity index (χ0n) is 17.7. The highest BCUT2D eigenvalue weighted by molar-refractivity contribution is 6.31. The Bertz CT molecular complexity index is 851. The van der Waals surface area contributed by atoms with Gasteiger partial charge >= 0.3 is 6.09 Å². The molecule has 4 nitrogen and oxygen atoms in total. The van der Waals surface area contributed by atoms with Crippen LogP contribution in [0.15, 0.2) is 42.5 Å². The topological polar surface area (TPSA) is 38.8 Å². The summed E-state index contributed by atoms with van der Waals surface area (Å²) in [4.78, 5) is 14.1. The van der Waals surface area contributed by atoms with Gasteiger partial charge in [-0.05, 0) is 75.8 Å². The number of rotatable bonds is 4. The van der Waals surface area contributed by atoms with Gasteiger partial charge in [0.25, 0.3) is 0 Å². The lowest BCUT2D eigenvalue weighted by Crippen LogP contribution is -2.41. The van der Waals surface area contributed by atoms with Crippen LogP contribution in [0.3, 0.4) is 0 Å². The third kappa shape index (κ3) is 6.14. The van der Waals surface area contributed by atoms with E-state index in [1.165, 1.54) is 11.1 Å². The first kappa shape index (κ1) is 21.5. The molecule has 5 heteroatoms. The van der Waals surface area contributed by atoms with Crippen LogP contribution in [0.2, 0.25) is 5.02 Å². The van der Waals surface area contributed by atoms with Gasteiger partial charge in [0.05, 0.1) is 0 Å². The Morgan fingerprint density at radius 2 is 1.83 bits per heavy atom. The number of benzene rings is 2. The second kappa shape index (κ2) is 9.08. The molecule has 1 aliphatic heterocycles. The summed E-state index contributed by atoms with van der Waals surface area (Å²) in [6.45, 7) is 9.64. The fourth-order valence-corrected chi connectivity index (χ4v) is 3.78. The molecular weight excluding hydrogens is 386 g/mol.